The van der Waals surface area contributed by atoms with Crippen molar-refractivity contribution in [2.45, 2.75) is 51.0 Å². The van der Waals surface area contributed by atoms with Crippen molar-refractivity contribution < 1.29 is 5.11 Å². The van der Waals surface area contributed by atoms with Crippen LogP contribution < -0.4 is 5.32 Å². The molecule has 0 amide bonds. The normalized spacial score (nSPS) is 23.0. The number of aliphatic hydroxyl groups excluding tert-OH is 1. The van der Waals surface area contributed by atoms with E-state index >= 15 is 0 Å². The van der Waals surface area contributed by atoms with E-state index in [0.717, 1.165) is 17.9 Å². The van der Waals surface area contributed by atoms with Crippen LogP contribution in [0, 0.1) is 17.2 Å². The number of hydrogen-bond acceptors (Lipinski definition) is 6. The predicted octanol–water partition coefficient (Wildman–Crippen LogP) is 2.35. The number of aromatic nitrogens is 4. The molecule has 0 spiro atoms. The number of pyridine rings is 1. The number of aryl methyl sites for hydroxylation is 1. The molecule has 0 aliphatic heterocycles. The Morgan fingerprint density at radius 1 is 1.35 bits per heavy atom. The lowest BCUT2D eigenvalue weighted by Crippen LogP contribution is -2.23. The summed E-state index contributed by atoms with van der Waals surface area (Å²) in [6.07, 6.45) is 2.80. The molecule has 138 valence electrons. The zero-order valence-electron chi connectivity index (χ0n) is 15.8. The van der Waals surface area contributed by atoms with Crippen molar-refractivity contribution in [1.82, 2.24) is 19.7 Å². The summed E-state index contributed by atoms with van der Waals surface area (Å²) < 4.78 is 1.91. The molecule has 1 aliphatic carbocycles. The van der Waals surface area contributed by atoms with E-state index in [1.54, 1.807) is 6.33 Å². The van der Waals surface area contributed by atoms with Gasteiger partial charge in [0.1, 0.15) is 24.0 Å². The lowest BCUT2D eigenvalue weighted by atomic mass is 9.91. The van der Waals surface area contributed by atoms with Gasteiger partial charge in [0, 0.05) is 36.5 Å². The third kappa shape index (κ3) is 3.70. The first-order chi connectivity index (χ1) is 12.3. The molecule has 2 heterocycles. The van der Waals surface area contributed by atoms with Gasteiger partial charge in [0.15, 0.2) is 0 Å². The van der Waals surface area contributed by atoms with Crippen molar-refractivity contribution in [3.63, 3.8) is 0 Å². The fraction of sp³-hybridized carbons (Fsp3) is 0.579. The lowest BCUT2D eigenvalue weighted by molar-refractivity contribution is 0.137. The summed E-state index contributed by atoms with van der Waals surface area (Å²) in [6.45, 7) is 6.86. The van der Waals surface area contributed by atoms with Gasteiger partial charge >= 0.3 is 0 Å². The maximum absolute atomic E-state index is 10.5. The Labute approximate surface area is 154 Å². The van der Waals surface area contributed by atoms with Crippen LogP contribution in [0.4, 0.5) is 5.82 Å². The molecular weight excluding hydrogens is 328 g/mol. The summed E-state index contributed by atoms with van der Waals surface area (Å²) in [5.41, 5.74) is 1.37. The van der Waals surface area contributed by atoms with E-state index < -0.39 is 6.10 Å². The number of aliphatic hydroxyl groups is 1. The third-order valence-corrected chi connectivity index (χ3v) is 5.08. The van der Waals surface area contributed by atoms with Gasteiger partial charge in [-0.2, -0.15) is 5.26 Å². The number of hydrogen-bond donors (Lipinski definition) is 2. The minimum Gasteiger partial charge on any atom is -0.393 e. The van der Waals surface area contributed by atoms with Gasteiger partial charge in [-0.3, -0.25) is 0 Å². The number of nitriles is 1. The van der Waals surface area contributed by atoms with Crippen molar-refractivity contribution in [1.29, 1.82) is 5.26 Å². The van der Waals surface area contributed by atoms with Crippen molar-refractivity contribution >= 4 is 5.82 Å². The van der Waals surface area contributed by atoms with Crippen LogP contribution in [0.5, 0.6) is 0 Å². The van der Waals surface area contributed by atoms with Gasteiger partial charge in [-0.15, -0.1) is 10.2 Å². The Morgan fingerprint density at radius 2 is 2.12 bits per heavy atom. The molecule has 3 atom stereocenters. The van der Waals surface area contributed by atoms with Gasteiger partial charge in [0.05, 0.1) is 11.7 Å². The molecule has 0 saturated heterocycles. The largest absolute Gasteiger partial charge is 0.393 e. The highest BCUT2D eigenvalue weighted by Gasteiger charge is 2.36. The first-order valence-corrected chi connectivity index (χ1v) is 8.97. The van der Waals surface area contributed by atoms with E-state index in [4.69, 9.17) is 0 Å². The van der Waals surface area contributed by atoms with E-state index in [0.29, 0.717) is 24.3 Å². The highest BCUT2D eigenvalue weighted by molar-refractivity contribution is 5.52. The van der Waals surface area contributed by atoms with Crippen LogP contribution in [-0.2, 0) is 12.5 Å². The molecule has 2 aromatic heterocycles. The van der Waals surface area contributed by atoms with Gasteiger partial charge in [-0.1, -0.05) is 20.8 Å². The molecule has 1 aliphatic rings. The van der Waals surface area contributed by atoms with Crippen molar-refractivity contribution in [2.24, 2.45) is 13.0 Å². The Kier molecular flexibility index (Phi) is 4.97. The first-order valence-electron chi connectivity index (χ1n) is 8.97. The van der Waals surface area contributed by atoms with Crippen LogP contribution in [0.1, 0.15) is 56.6 Å². The summed E-state index contributed by atoms with van der Waals surface area (Å²) >= 11 is 0. The predicted molar refractivity (Wildman–Crippen MR) is 98.6 cm³/mol. The summed E-state index contributed by atoms with van der Waals surface area (Å²) in [5.74, 6) is 1.79. The van der Waals surface area contributed by atoms with Gasteiger partial charge < -0.3 is 15.0 Å². The average Bonchev–Trinajstić information content (AvgIpc) is 3.17. The molecule has 1 saturated carbocycles. The highest BCUT2D eigenvalue weighted by atomic mass is 16.3. The summed E-state index contributed by atoms with van der Waals surface area (Å²) in [5, 5.41) is 31.2. The van der Waals surface area contributed by atoms with Crippen molar-refractivity contribution in [3.8, 4) is 6.07 Å². The maximum atomic E-state index is 10.5. The molecule has 0 unspecified atom stereocenters. The minimum absolute atomic E-state index is 0.0864. The Balaban J connectivity index is 1.71. The molecule has 2 aromatic rings. The summed E-state index contributed by atoms with van der Waals surface area (Å²) in [6, 6.07) is 5.90. The van der Waals surface area contributed by atoms with Crippen LogP contribution >= 0.6 is 0 Å². The standard InChI is InChI=1S/C19H26N6O/c1-19(2,3)16-6-5-12(9-20)17(23-16)21-10-14-7-13(8-15(14)26)18-24-22-11-25(18)4/h5-6,11,13-15,26H,7-8,10H2,1-4H3,(H,21,23)/t13-,14+,15+/m0/s1. The van der Waals surface area contributed by atoms with Gasteiger partial charge in [-0.25, -0.2) is 4.98 Å². The molecule has 1 fully saturated rings. The highest BCUT2D eigenvalue weighted by Crippen LogP contribution is 2.37. The molecule has 3 rings (SSSR count). The zero-order chi connectivity index (χ0) is 18.9. The summed E-state index contributed by atoms with van der Waals surface area (Å²) in [4.78, 5) is 4.64. The van der Waals surface area contributed by atoms with Crippen LogP contribution in [0.2, 0.25) is 0 Å². The Morgan fingerprint density at radius 3 is 2.73 bits per heavy atom. The van der Waals surface area contributed by atoms with E-state index in [1.165, 1.54) is 0 Å². The fourth-order valence-corrected chi connectivity index (χ4v) is 3.52. The molecule has 26 heavy (non-hydrogen) atoms. The van der Waals surface area contributed by atoms with E-state index in [2.05, 4.69) is 47.3 Å². The van der Waals surface area contributed by atoms with Gasteiger partial charge in [0.25, 0.3) is 0 Å². The van der Waals surface area contributed by atoms with Crippen LogP contribution in [0.15, 0.2) is 18.5 Å². The molecular formula is C19H26N6O. The minimum atomic E-state index is -0.402. The smallest absolute Gasteiger partial charge is 0.144 e. The van der Waals surface area contributed by atoms with Crippen LogP contribution in [0.3, 0.4) is 0 Å². The average molecular weight is 354 g/mol. The maximum Gasteiger partial charge on any atom is 0.144 e. The number of anilines is 1. The van der Waals surface area contributed by atoms with Crippen LogP contribution in [0.25, 0.3) is 0 Å². The van der Waals surface area contributed by atoms with Crippen LogP contribution in [-0.4, -0.2) is 37.5 Å². The quantitative estimate of drug-likeness (QED) is 0.874. The second-order valence-corrected chi connectivity index (χ2v) is 8.13. The van der Waals surface area contributed by atoms with Gasteiger partial charge in [-0.05, 0) is 25.0 Å². The fourth-order valence-electron chi connectivity index (χ4n) is 3.52. The molecule has 7 nitrogen and oxygen atoms in total. The SMILES string of the molecule is Cn1cnnc1[C@H]1C[C@H](CNc2nc(C(C)(C)C)ccc2C#N)[C@H](O)C1. The number of rotatable bonds is 4. The van der Waals surface area contributed by atoms with Gasteiger partial charge in [0.2, 0.25) is 0 Å². The first kappa shape index (κ1) is 18.3. The third-order valence-electron chi connectivity index (χ3n) is 5.08. The van der Waals surface area contributed by atoms with Crippen molar-refractivity contribution in [3.05, 3.63) is 35.5 Å². The monoisotopic (exact) mass is 354 g/mol. The molecule has 0 bridgehead atoms. The van der Waals surface area contributed by atoms with E-state index in [-0.39, 0.29) is 17.3 Å². The molecule has 7 heteroatoms. The number of nitrogens with zero attached hydrogens (tertiary/aromatic N) is 5. The van der Waals surface area contributed by atoms with Crippen molar-refractivity contribution in [2.75, 3.05) is 11.9 Å². The Bertz CT molecular complexity index is 816. The zero-order valence-corrected chi connectivity index (χ0v) is 15.8. The molecule has 2 N–H and O–H groups in total. The molecule has 0 radical (unpaired) electrons. The lowest BCUT2D eigenvalue weighted by Gasteiger charge is -2.20. The topological polar surface area (TPSA) is 99.7 Å². The second kappa shape index (κ2) is 7.04. The number of nitrogens with one attached hydrogen (secondary N) is 1. The van der Waals surface area contributed by atoms with E-state index in [1.807, 2.05) is 23.7 Å². The van der Waals surface area contributed by atoms with E-state index in [9.17, 15) is 10.4 Å². The Hall–Kier alpha value is -2.46. The molecule has 0 aromatic carbocycles. The summed E-state index contributed by atoms with van der Waals surface area (Å²) in [7, 11) is 1.93. The second-order valence-electron chi connectivity index (χ2n) is 8.13.